The molecule has 0 bridgehead atoms. The van der Waals surface area contributed by atoms with E-state index in [2.05, 4.69) is 29.6 Å². The van der Waals surface area contributed by atoms with Crippen molar-refractivity contribution in [1.82, 2.24) is 20.4 Å². The predicted molar refractivity (Wildman–Crippen MR) is 85.8 cm³/mol. The highest BCUT2D eigenvalue weighted by Crippen LogP contribution is 2.28. The highest BCUT2D eigenvalue weighted by Gasteiger charge is 2.26. The van der Waals surface area contributed by atoms with Gasteiger partial charge in [0.05, 0.1) is 24.9 Å². The molecule has 1 fully saturated rings. The number of aromatic nitrogens is 2. The zero-order valence-electron chi connectivity index (χ0n) is 14.3. The summed E-state index contributed by atoms with van der Waals surface area (Å²) < 4.78 is 7.03. The summed E-state index contributed by atoms with van der Waals surface area (Å²) in [4.78, 5) is 12.1. The molecule has 0 aliphatic heterocycles. The van der Waals surface area contributed by atoms with E-state index in [4.69, 9.17) is 4.74 Å². The fourth-order valence-corrected chi connectivity index (χ4v) is 3.41. The number of hydrogen-bond acceptors (Lipinski definition) is 3. The van der Waals surface area contributed by atoms with Crippen molar-refractivity contribution < 1.29 is 9.53 Å². The van der Waals surface area contributed by atoms with E-state index >= 15 is 0 Å². The molecule has 1 aromatic heterocycles. The van der Waals surface area contributed by atoms with Crippen molar-refractivity contribution in [3.05, 3.63) is 11.3 Å². The molecule has 2 N–H and O–H groups in total. The number of nitrogens with one attached hydrogen (secondary N) is 2. The fourth-order valence-electron chi connectivity index (χ4n) is 3.41. The van der Waals surface area contributed by atoms with Crippen molar-refractivity contribution in [3.63, 3.8) is 0 Å². The molecule has 1 heterocycles. The molecule has 1 aromatic rings. The summed E-state index contributed by atoms with van der Waals surface area (Å²) in [6.45, 7) is 6.84. The maximum Gasteiger partial charge on any atom is 0.315 e. The average Bonchev–Trinajstić information content (AvgIpc) is 2.73. The molecule has 0 spiro atoms. The monoisotopic (exact) mass is 308 g/mol. The molecular weight excluding hydrogens is 280 g/mol. The van der Waals surface area contributed by atoms with Crippen LogP contribution in [0.3, 0.4) is 0 Å². The largest absolute Gasteiger partial charge is 0.481 e. The van der Waals surface area contributed by atoms with Gasteiger partial charge in [-0.05, 0) is 38.0 Å². The highest BCUT2D eigenvalue weighted by molar-refractivity contribution is 5.74. The third kappa shape index (κ3) is 3.72. The van der Waals surface area contributed by atoms with E-state index in [1.807, 2.05) is 14.0 Å². The number of urea groups is 1. The second-order valence-corrected chi connectivity index (χ2v) is 6.53. The lowest BCUT2D eigenvalue weighted by molar-refractivity contribution is 0.206. The van der Waals surface area contributed by atoms with Gasteiger partial charge in [-0.25, -0.2) is 9.48 Å². The van der Waals surface area contributed by atoms with Crippen LogP contribution >= 0.6 is 0 Å². The van der Waals surface area contributed by atoms with Crippen LogP contribution in [0.2, 0.25) is 0 Å². The number of carbonyl (C=O) groups excluding carboxylic acids is 1. The van der Waals surface area contributed by atoms with Gasteiger partial charge in [-0.1, -0.05) is 13.8 Å². The van der Waals surface area contributed by atoms with Crippen LogP contribution in [0.1, 0.15) is 44.4 Å². The molecule has 0 saturated heterocycles. The van der Waals surface area contributed by atoms with E-state index in [-0.39, 0.29) is 12.1 Å². The third-order valence-electron chi connectivity index (χ3n) is 4.66. The van der Waals surface area contributed by atoms with Crippen LogP contribution in [-0.4, -0.2) is 29.0 Å². The number of amides is 2. The summed E-state index contributed by atoms with van der Waals surface area (Å²) in [6.07, 6.45) is 3.43. The van der Waals surface area contributed by atoms with Crippen LogP contribution in [0.25, 0.3) is 0 Å². The van der Waals surface area contributed by atoms with Gasteiger partial charge in [-0.15, -0.1) is 0 Å². The van der Waals surface area contributed by atoms with E-state index in [1.165, 1.54) is 12.8 Å². The van der Waals surface area contributed by atoms with Crippen LogP contribution in [0.5, 0.6) is 5.88 Å². The number of nitrogens with zero attached hydrogens (tertiary/aromatic N) is 2. The van der Waals surface area contributed by atoms with Gasteiger partial charge in [0.2, 0.25) is 5.88 Å². The second-order valence-electron chi connectivity index (χ2n) is 6.53. The lowest BCUT2D eigenvalue weighted by Gasteiger charge is -2.33. The maximum absolute atomic E-state index is 12.1. The minimum atomic E-state index is -0.114. The molecule has 22 heavy (non-hydrogen) atoms. The van der Waals surface area contributed by atoms with Gasteiger partial charge >= 0.3 is 6.03 Å². The number of rotatable bonds is 4. The first-order chi connectivity index (χ1) is 10.4. The van der Waals surface area contributed by atoms with Crippen LogP contribution < -0.4 is 15.4 Å². The van der Waals surface area contributed by atoms with Crippen molar-refractivity contribution in [1.29, 1.82) is 0 Å². The average molecular weight is 308 g/mol. The van der Waals surface area contributed by atoms with E-state index in [0.29, 0.717) is 18.3 Å². The zero-order chi connectivity index (χ0) is 16.3. The zero-order valence-corrected chi connectivity index (χ0v) is 14.3. The van der Waals surface area contributed by atoms with Crippen molar-refractivity contribution in [2.24, 2.45) is 18.9 Å². The molecule has 0 radical (unpaired) electrons. The molecule has 6 nitrogen and oxygen atoms in total. The van der Waals surface area contributed by atoms with Gasteiger partial charge in [0.15, 0.2) is 0 Å². The molecule has 124 valence electrons. The normalized spacial score (nSPS) is 24.9. The first-order valence-corrected chi connectivity index (χ1v) is 8.03. The molecule has 1 aliphatic rings. The quantitative estimate of drug-likeness (QED) is 0.897. The molecule has 2 rings (SSSR count). The Balaban J connectivity index is 1.88. The Bertz CT molecular complexity index is 526. The van der Waals surface area contributed by atoms with Crippen LogP contribution in [-0.2, 0) is 13.6 Å². The SMILES string of the molecule is COc1c(CNC(=O)N[C@@H]2CC[C@H](C)C[C@H]2C)c(C)nn1C. The van der Waals surface area contributed by atoms with Gasteiger partial charge in [0.25, 0.3) is 0 Å². The summed E-state index contributed by atoms with van der Waals surface area (Å²) in [5.41, 5.74) is 1.80. The standard InChI is InChI=1S/C16H28N4O2/c1-10-6-7-14(11(2)8-10)18-16(21)17-9-13-12(3)19-20(4)15(13)22-5/h10-11,14H,6-9H2,1-5H3,(H2,17,18,21)/t10-,11+,14+/m0/s1. The number of aryl methyl sites for hydroxylation is 2. The number of carbonyl (C=O) groups is 1. The van der Waals surface area contributed by atoms with Crippen LogP contribution in [0.15, 0.2) is 0 Å². The van der Waals surface area contributed by atoms with Gasteiger partial charge in [0, 0.05) is 13.1 Å². The first-order valence-electron chi connectivity index (χ1n) is 8.03. The number of methoxy groups -OCH3 is 1. The Morgan fingerprint density at radius 1 is 1.41 bits per heavy atom. The van der Waals surface area contributed by atoms with Crippen molar-refractivity contribution in [3.8, 4) is 5.88 Å². The molecule has 6 heteroatoms. The Morgan fingerprint density at radius 3 is 2.77 bits per heavy atom. The summed E-state index contributed by atoms with van der Waals surface area (Å²) in [5.74, 6) is 1.99. The van der Waals surface area contributed by atoms with Gasteiger partial charge in [-0.2, -0.15) is 5.10 Å². The molecule has 2 amide bonds. The summed E-state index contributed by atoms with van der Waals surface area (Å²) in [6, 6.07) is 0.157. The Hall–Kier alpha value is -1.72. The van der Waals surface area contributed by atoms with Crippen LogP contribution in [0.4, 0.5) is 4.79 Å². The lowest BCUT2D eigenvalue weighted by Crippen LogP contribution is -2.46. The van der Waals surface area contributed by atoms with E-state index < -0.39 is 0 Å². The summed E-state index contributed by atoms with van der Waals surface area (Å²) in [7, 11) is 3.45. The molecule has 0 aromatic carbocycles. The van der Waals surface area contributed by atoms with Crippen molar-refractivity contribution in [2.75, 3.05) is 7.11 Å². The van der Waals surface area contributed by atoms with Gasteiger partial charge in [0.1, 0.15) is 0 Å². The summed E-state index contributed by atoms with van der Waals surface area (Å²) in [5, 5.41) is 10.3. The second kappa shape index (κ2) is 7.03. The van der Waals surface area contributed by atoms with Gasteiger partial charge in [-0.3, -0.25) is 0 Å². The van der Waals surface area contributed by atoms with E-state index in [0.717, 1.165) is 23.6 Å². The first kappa shape index (κ1) is 16.6. The number of ether oxygens (including phenoxy) is 1. The van der Waals surface area contributed by atoms with E-state index in [9.17, 15) is 4.79 Å². The number of hydrogen-bond donors (Lipinski definition) is 2. The minimum absolute atomic E-state index is 0.114. The topological polar surface area (TPSA) is 68.2 Å². The van der Waals surface area contributed by atoms with Gasteiger partial charge < -0.3 is 15.4 Å². The Kier molecular flexibility index (Phi) is 5.32. The lowest BCUT2D eigenvalue weighted by atomic mass is 9.80. The molecule has 1 aliphatic carbocycles. The minimum Gasteiger partial charge on any atom is -0.481 e. The molecule has 3 atom stereocenters. The molecule has 1 saturated carbocycles. The fraction of sp³-hybridized carbons (Fsp3) is 0.750. The smallest absolute Gasteiger partial charge is 0.315 e. The van der Waals surface area contributed by atoms with Crippen LogP contribution in [0, 0.1) is 18.8 Å². The molecular formula is C16H28N4O2. The Morgan fingerprint density at radius 2 is 2.14 bits per heavy atom. The van der Waals surface area contributed by atoms with Crippen molar-refractivity contribution in [2.45, 2.75) is 52.6 Å². The van der Waals surface area contributed by atoms with Crippen molar-refractivity contribution >= 4 is 6.03 Å². The third-order valence-corrected chi connectivity index (χ3v) is 4.66. The predicted octanol–water partition coefficient (Wildman–Crippen LogP) is 2.36. The Labute approximate surface area is 132 Å². The van der Waals surface area contributed by atoms with E-state index in [1.54, 1.807) is 11.8 Å². The summed E-state index contributed by atoms with van der Waals surface area (Å²) >= 11 is 0. The highest BCUT2D eigenvalue weighted by atomic mass is 16.5. The maximum atomic E-state index is 12.1. The molecule has 0 unspecified atom stereocenters.